The van der Waals surface area contributed by atoms with Crippen LogP contribution in [0.1, 0.15) is 12.0 Å². The molecule has 136 valence electrons. The Morgan fingerprint density at radius 3 is 2.81 bits per heavy atom. The number of fused-ring (bicyclic) bond motifs is 1. The first-order valence-electron chi connectivity index (χ1n) is 8.27. The molecule has 7 heteroatoms. The van der Waals surface area contributed by atoms with Gasteiger partial charge in [-0.3, -0.25) is 14.5 Å². The van der Waals surface area contributed by atoms with Gasteiger partial charge in [0, 0.05) is 12.6 Å². The Morgan fingerprint density at radius 2 is 2.00 bits per heavy atom. The topological polar surface area (TPSA) is 58.6 Å². The zero-order valence-electron chi connectivity index (χ0n) is 14.0. The lowest BCUT2D eigenvalue weighted by Crippen LogP contribution is -2.45. The summed E-state index contributed by atoms with van der Waals surface area (Å²) in [6.45, 7) is -0.0702. The maximum absolute atomic E-state index is 13.5. The monoisotopic (exact) mass is 360 g/mol. The van der Waals surface area contributed by atoms with Gasteiger partial charge in [0.15, 0.2) is 6.61 Å². The number of nitrogens with zero attached hydrogens (tertiary/aromatic N) is 1. The van der Waals surface area contributed by atoms with Crippen molar-refractivity contribution < 1.29 is 23.1 Å². The normalized spacial score (nSPS) is 13.2. The van der Waals surface area contributed by atoms with Gasteiger partial charge in [0.05, 0.1) is 5.69 Å². The van der Waals surface area contributed by atoms with E-state index in [1.807, 2.05) is 0 Å². The summed E-state index contributed by atoms with van der Waals surface area (Å²) in [4.78, 5) is 25.3. The zero-order chi connectivity index (χ0) is 18.5. The summed E-state index contributed by atoms with van der Waals surface area (Å²) in [7, 11) is 0. The number of carbonyl (C=O) groups is 2. The Labute approximate surface area is 149 Å². The molecule has 2 aromatic rings. The number of hydrogen-bond donors (Lipinski definition) is 1. The van der Waals surface area contributed by atoms with Crippen LogP contribution >= 0.6 is 0 Å². The van der Waals surface area contributed by atoms with Crippen LogP contribution in [0.4, 0.5) is 14.5 Å². The number of ether oxygens (including phenoxy) is 1. The molecule has 1 aliphatic rings. The van der Waals surface area contributed by atoms with Crippen LogP contribution in [0, 0.1) is 11.6 Å². The average Bonchev–Trinajstić information content (AvgIpc) is 2.62. The number of carbonyl (C=O) groups excluding carboxylic acids is 2. The highest BCUT2D eigenvalue weighted by molar-refractivity contribution is 6.02. The van der Waals surface area contributed by atoms with Crippen LogP contribution in [0.5, 0.6) is 5.75 Å². The zero-order valence-corrected chi connectivity index (χ0v) is 14.0. The molecule has 1 N–H and O–H groups in total. The van der Waals surface area contributed by atoms with E-state index in [1.54, 1.807) is 18.2 Å². The predicted octanol–water partition coefficient (Wildman–Crippen LogP) is 2.44. The third kappa shape index (κ3) is 4.17. The molecule has 0 radical (unpaired) electrons. The molecule has 26 heavy (non-hydrogen) atoms. The van der Waals surface area contributed by atoms with Crippen LogP contribution in [0.2, 0.25) is 0 Å². The third-order valence-corrected chi connectivity index (χ3v) is 4.07. The first-order valence-corrected chi connectivity index (χ1v) is 8.27. The minimum absolute atomic E-state index is 0.195. The van der Waals surface area contributed by atoms with E-state index in [9.17, 15) is 18.4 Å². The van der Waals surface area contributed by atoms with E-state index in [1.165, 1.54) is 23.1 Å². The highest BCUT2D eigenvalue weighted by Gasteiger charge is 2.27. The summed E-state index contributed by atoms with van der Waals surface area (Å²) in [6, 6.07) is 10.3. The van der Waals surface area contributed by atoms with E-state index in [0.717, 1.165) is 6.07 Å². The largest absolute Gasteiger partial charge is 0.482 e. The van der Waals surface area contributed by atoms with Gasteiger partial charge in [0.25, 0.3) is 5.91 Å². The third-order valence-electron chi connectivity index (χ3n) is 4.07. The predicted molar refractivity (Wildman–Crippen MR) is 92.0 cm³/mol. The van der Waals surface area contributed by atoms with Gasteiger partial charge in [0.2, 0.25) is 5.91 Å². The van der Waals surface area contributed by atoms with Crippen LogP contribution < -0.4 is 15.0 Å². The molecule has 0 fully saturated rings. The first kappa shape index (κ1) is 17.8. The van der Waals surface area contributed by atoms with E-state index < -0.39 is 11.7 Å². The van der Waals surface area contributed by atoms with Crippen molar-refractivity contribution in [3.63, 3.8) is 0 Å². The second kappa shape index (κ2) is 7.95. The van der Waals surface area contributed by atoms with Crippen LogP contribution in [0.3, 0.4) is 0 Å². The van der Waals surface area contributed by atoms with E-state index in [4.69, 9.17) is 4.74 Å². The lowest BCUT2D eigenvalue weighted by atomic mass is 10.1. The second-order valence-corrected chi connectivity index (χ2v) is 5.93. The summed E-state index contributed by atoms with van der Waals surface area (Å²) in [5.41, 5.74) is 0.831. The summed E-state index contributed by atoms with van der Waals surface area (Å²) in [5, 5.41) is 2.70. The lowest BCUT2D eigenvalue weighted by molar-refractivity contribution is -0.125. The number of aryl methyl sites for hydroxylation is 1. The number of benzene rings is 2. The Morgan fingerprint density at radius 1 is 1.19 bits per heavy atom. The van der Waals surface area contributed by atoms with Crippen molar-refractivity contribution in [3.8, 4) is 5.75 Å². The molecule has 1 heterocycles. The fraction of sp³-hybridized carbons (Fsp3) is 0.263. The molecule has 0 saturated heterocycles. The van der Waals surface area contributed by atoms with E-state index >= 15 is 0 Å². The van der Waals surface area contributed by atoms with Gasteiger partial charge in [-0.15, -0.1) is 0 Å². The number of rotatable bonds is 6. The van der Waals surface area contributed by atoms with Gasteiger partial charge in [-0.1, -0.05) is 18.2 Å². The number of amides is 2. The maximum Gasteiger partial charge on any atom is 0.265 e. The molecule has 3 rings (SSSR count). The fourth-order valence-electron chi connectivity index (χ4n) is 2.76. The number of anilines is 1. The minimum Gasteiger partial charge on any atom is -0.482 e. The first-order chi connectivity index (χ1) is 12.5. The molecule has 0 unspecified atom stereocenters. The van der Waals surface area contributed by atoms with E-state index in [-0.39, 0.29) is 30.6 Å². The molecule has 2 amide bonds. The molecule has 0 atom stereocenters. The van der Waals surface area contributed by atoms with Gasteiger partial charge in [-0.05, 0) is 36.6 Å². The number of nitrogens with one attached hydrogen (secondary N) is 1. The van der Waals surface area contributed by atoms with Gasteiger partial charge in [0.1, 0.15) is 23.9 Å². The maximum atomic E-state index is 13.5. The smallest absolute Gasteiger partial charge is 0.265 e. The molecule has 0 aliphatic carbocycles. The molecule has 2 aromatic carbocycles. The quantitative estimate of drug-likeness (QED) is 0.805. The van der Waals surface area contributed by atoms with Gasteiger partial charge >= 0.3 is 0 Å². The molecule has 0 spiro atoms. The summed E-state index contributed by atoms with van der Waals surface area (Å²) in [5.74, 6) is -1.21. The number of hydrogen-bond acceptors (Lipinski definition) is 3. The minimum atomic E-state index is -0.516. The van der Waals surface area contributed by atoms with Crippen LogP contribution in [0.25, 0.3) is 0 Å². The standard InChI is InChI=1S/C19H18F2N2O3/c20-14-7-8-17-16(10-14)23(19(25)12-26-17)11-18(24)22-9-3-5-13-4-1-2-6-15(13)21/h1-2,4,6-8,10H,3,5,9,11-12H2,(H,22,24). The second-order valence-electron chi connectivity index (χ2n) is 5.93. The highest BCUT2D eigenvalue weighted by Crippen LogP contribution is 2.32. The summed E-state index contributed by atoms with van der Waals surface area (Å²) >= 11 is 0. The molecular weight excluding hydrogens is 342 g/mol. The van der Waals surface area contributed by atoms with Crippen LogP contribution in [-0.4, -0.2) is 31.5 Å². The van der Waals surface area contributed by atoms with Crippen LogP contribution in [0.15, 0.2) is 42.5 Å². The Hall–Kier alpha value is -2.96. The highest BCUT2D eigenvalue weighted by atomic mass is 19.1. The van der Waals surface area contributed by atoms with Crippen molar-refractivity contribution in [2.45, 2.75) is 12.8 Å². The van der Waals surface area contributed by atoms with Crippen molar-refractivity contribution in [2.24, 2.45) is 0 Å². The van der Waals surface area contributed by atoms with Gasteiger partial charge < -0.3 is 10.1 Å². The number of halogens is 2. The van der Waals surface area contributed by atoms with Crippen LogP contribution in [-0.2, 0) is 16.0 Å². The van der Waals surface area contributed by atoms with Gasteiger partial charge in [-0.2, -0.15) is 0 Å². The van der Waals surface area contributed by atoms with Crippen molar-refractivity contribution in [1.29, 1.82) is 0 Å². The Kier molecular flexibility index (Phi) is 5.46. The Bertz CT molecular complexity index is 826. The molecule has 5 nitrogen and oxygen atoms in total. The molecule has 0 aromatic heterocycles. The van der Waals surface area contributed by atoms with Crippen molar-refractivity contribution in [2.75, 3.05) is 24.6 Å². The Balaban J connectivity index is 1.53. The summed E-state index contributed by atoms with van der Waals surface area (Å²) < 4.78 is 32.2. The van der Waals surface area contributed by atoms with Crippen molar-refractivity contribution in [1.82, 2.24) is 5.32 Å². The average molecular weight is 360 g/mol. The molecule has 1 aliphatic heterocycles. The summed E-state index contributed by atoms with van der Waals surface area (Å²) in [6.07, 6.45) is 1.06. The SMILES string of the molecule is O=C(CN1C(=O)COc2ccc(F)cc21)NCCCc1ccccc1F. The van der Waals surface area contributed by atoms with E-state index in [2.05, 4.69) is 5.32 Å². The molecule has 0 bridgehead atoms. The molecule has 0 saturated carbocycles. The van der Waals surface area contributed by atoms with E-state index in [0.29, 0.717) is 30.7 Å². The van der Waals surface area contributed by atoms with Crippen molar-refractivity contribution >= 4 is 17.5 Å². The fourth-order valence-corrected chi connectivity index (χ4v) is 2.76. The van der Waals surface area contributed by atoms with Gasteiger partial charge in [-0.25, -0.2) is 8.78 Å². The molecular formula is C19H18F2N2O3. The lowest BCUT2D eigenvalue weighted by Gasteiger charge is -2.28. The van der Waals surface area contributed by atoms with Crippen molar-refractivity contribution in [3.05, 3.63) is 59.7 Å².